The first kappa shape index (κ1) is 13.0. The van der Waals surface area contributed by atoms with Gasteiger partial charge in [0.2, 0.25) is 0 Å². The largest absolute Gasteiger partial charge is 0.476 e. The summed E-state index contributed by atoms with van der Waals surface area (Å²) in [5.41, 5.74) is 0.221. The van der Waals surface area contributed by atoms with Crippen LogP contribution in [-0.2, 0) is 0 Å². The van der Waals surface area contributed by atoms with Crippen molar-refractivity contribution >= 4 is 44.1 Å². The summed E-state index contributed by atoms with van der Waals surface area (Å²) in [4.78, 5) is 15.3. The Balaban J connectivity index is 2.35. The molecule has 0 aliphatic rings. The fourth-order valence-corrected chi connectivity index (χ4v) is 2.62. The van der Waals surface area contributed by atoms with E-state index in [-0.39, 0.29) is 11.4 Å². The Kier molecular flexibility index (Phi) is 3.63. The highest BCUT2D eigenvalue weighted by Crippen LogP contribution is 2.31. The zero-order valence-corrected chi connectivity index (χ0v) is 11.6. The van der Waals surface area contributed by atoms with Gasteiger partial charge in [0.15, 0.2) is 10.8 Å². The van der Waals surface area contributed by atoms with Crippen LogP contribution >= 0.6 is 27.3 Å². The van der Waals surface area contributed by atoms with Gasteiger partial charge in [-0.1, -0.05) is 6.07 Å². The molecule has 0 atom stereocenters. The molecule has 0 saturated heterocycles. The molecule has 94 valence electrons. The number of hydrogen-bond acceptors (Lipinski definition) is 4. The third kappa shape index (κ3) is 2.51. The number of aromatic carboxylic acids is 1. The van der Waals surface area contributed by atoms with E-state index in [1.54, 1.807) is 19.1 Å². The lowest BCUT2D eigenvalue weighted by atomic mass is 10.3. The molecule has 0 saturated carbocycles. The number of nitrogens with one attached hydrogen (secondary N) is 1. The molecular weight excluding hydrogens is 323 g/mol. The minimum Gasteiger partial charge on any atom is -0.476 e. The molecule has 0 spiro atoms. The fourth-order valence-electron chi connectivity index (χ4n) is 1.37. The van der Waals surface area contributed by atoms with E-state index in [0.29, 0.717) is 14.5 Å². The van der Waals surface area contributed by atoms with Gasteiger partial charge in [0.1, 0.15) is 5.82 Å². The maximum absolute atomic E-state index is 13.6. The molecule has 2 N–H and O–H groups in total. The molecule has 0 bridgehead atoms. The Morgan fingerprint density at radius 2 is 2.28 bits per heavy atom. The molecule has 1 aromatic carbocycles. The Morgan fingerprint density at radius 3 is 2.83 bits per heavy atom. The zero-order valence-electron chi connectivity index (χ0n) is 9.20. The smallest absolute Gasteiger partial charge is 0.355 e. The van der Waals surface area contributed by atoms with Crippen molar-refractivity contribution in [1.82, 2.24) is 4.98 Å². The summed E-state index contributed by atoms with van der Waals surface area (Å²) in [6.45, 7) is 1.66. The number of para-hydroxylation sites is 1. The molecule has 7 heteroatoms. The number of carboxylic acid groups (broad SMARTS) is 1. The first-order valence-electron chi connectivity index (χ1n) is 4.91. The van der Waals surface area contributed by atoms with E-state index < -0.39 is 11.8 Å². The standard InChI is InChI=1S/C11H8BrFN2O2S/c1-5-8(10(16)17)14-11(18-5)15-9-6(12)3-2-4-7(9)13/h2-4H,1H3,(H,14,15)(H,16,17). The lowest BCUT2D eigenvalue weighted by molar-refractivity contribution is 0.0690. The van der Waals surface area contributed by atoms with Crippen LogP contribution in [0.3, 0.4) is 0 Å². The number of anilines is 2. The number of aromatic nitrogens is 1. The van der Waals surface area contributed by atoms with Gasteiger partial charge in [0.05, 0.1) is 5.69 Å². The number of carbonyl (C=O) groups is 1. The van der Waals surface area contributed by atoms with Gasteiger partial charge in [0, 0.05) is 9.35 Å². The van der Waals surface area contributed by atoms with Crippen LogP contribution in [0.2, 0.25) is 0 Å². The molecule has 18 heavy (non-hydrogen) atoms. The minimum absolute atomic E-state index is 0.0186. The molecule has 1 aromatic heterocycles. The summed E-state index contributed by atoms with van der Waals surface area (Å²) in [7, 11) is 0. The summed E-state index contributed by atoms with van der Waals surface area (Å²) < 4.78 is 14.1. The van der Waals surface area contributed by atoms with E-state index in [0.717, 1.165) is 11.3 Å². The van der Waals surface area contributed by atoms with E-state index >= 15 is 0 Å². The summed E-state index contributed by atoms with van der Waals surface area (Å²) in [6, 6.07) is 4.57. The quantitative estimate of drug-likeness (QED) is 0.898. The topological polar surface area (TPSA) is 62.2 Å². The van der Waals surface area contributed by atoms with E-state index in [9.17, 15) is 9.18 Å². The Morgan fingerprint density at radius 1 is 1.56 bits per heavy atom. The van der Waals surface area contributed by atoms with Crippen molar-refractivity contribution in [2.75, 3.05) is 5.32 Å². The average Bonchev–Trinajstić information content (AvgIpc) is 2.65. The van der Waals surface area contributed by atoms with E-state index in [1.807, 2.05) is 0 Å². The predicted octanol–water partition coefficient (Wildman–Crippen LogP) is 3.79. The first-order valence-corrected chi connectivity index (χ1v) is 6.51. The number of hydrogen-bond donors (Lipinski definition) is 2. The van der Waals surface area contributed by atoms with Crippen LogP contribution in [0.5, 0.6) is 0 Å². The third-order valence-electron chi connectivity index (χ3n) is 2.19. The normalized spacial score (nSPS) is 10.4. The van der Waals surface area contributed by atoms with E-state index in [2.05, 4.69) is 26.2 Å². The van der Waals surface area contributed by atoms with Crippen LogP contribution in [0.15, 0.2) is 22.7 Å². The molecule has 0 fully saturated rings. The number of rotatable bonds is 3. The monoisotopic (exact) mass is 330 g/mol. The fraction of sp³-hybridized carbons (Fsp3) is 0.0909. The van der Waals surface area contributed by atoms with Crippen LogP contribution in [-0.4, -0.2) is 16.1 Å². The van der Waals surface area contributed by atoms with Gasteiger partial charge in [-0.05, 0) is 35.0 Å². The number of nitrogens with zero attached hydrogens (tertiary/aromatic N) is 1. The van der Waals surface area contributed by atoms with Crippen LogP contribution in [0.4, 0.5) is 15.2 Å². The highest BCUT2D eigenvalue weighted by Gasteiger charge is 2.15. The minimum atomic E-state index is -1.09. The van der Waals surface area contributed by atoms with E-state index in [4.69, 9.17) is 5.11 Å². The highest BCUT2D eigenvalue weighted by atomic mass is 79.9. The van der Waals surface area contributed by atoms with Crippen molar-refractivity contribution in [3.63, 3.8) is 0 Å². The van der Waals surface area contributed by atoms with Gasteiger partial charge in [0.25, 0.3) is 0 Å². The lowest BCUT2D eigenvalue weighted by Crippen LogP contribution is -1.99. The number of thiazole rings is 1. The Labute approximate surface area is 115 Å². The maximum Gasteiger partial charge on any atom is 0.355 e. The molecule has 1 heterocycles. The molecule has 0 aliphatic carbocycles. The van der Waals surface area contributed by atoms with Crippen molar-refractivity contribution in [2.24, 2.45) is 0 Å². The molecule has 2 aromatic rings. The van der Waals surface area contributed by atoms with Crippen molar-refractivity contribution in [3.8, 4) is 0 Å². The lowest BCUT2D eigenvalue weighted by Gasteiger charge is -2.05. The number of aryl methyl sites for hydroxylation is 1. The average molecular weight is 331 g/mol. The molecular formula is C11H8BrFN2O2S. The summed E-state index contributed by atoms with van der Waals surface area (Å²) in [6.07, 6.45) is 0. The van der Waals surface area contributed by atoms with Gasteiger partial charge in [-0.3, -0.25) is 0 Å². The summed E-state index contributed by atoms with van der Waals surface area (Å²) in [5.74, 6) is -1.53. The van der Waals surface area contributed by atoms with Gasteiger partial charge in [-0.2, -0.15) is 0 Å². The molecule has 0 amide bonds. The number of benzene rings is 1. The third-order valence-corrected chi connectivity index (χ3v) is 3.74. The maximum atomic E-state index is 13.6. The number of carboxylic acids is 1. The Hall–Kier alpha value is -1.47. The SMILES string of the molecule is Cc1sc(Nc2c(F)cccc2Br)nc1C(=O)O. The Bertz CT molecular complexity index is 595. The predicted molar refractivity (Wildman–Crippen MR) is 71.2 cm³/mol. The second-order valence-corrected chi connectivity index (χ2v) is 5.51. The van der Waals surface area contributed by atoms with Gasteiger partial charge < -0.3 is 10.4 Å². The van der Waals surface area contributed by atoms with Crippen molar-refractivity contribution < 1.29 is 14.3 Å². The molecule has 0 aliphatic heterocycles. The molecule has 0 radical (unpaired) electrons. The molecule has 2 rings (SSSR count). The number of halogens is 2. The first-order chi connectivity index (χ1) is 8.49. The zero-order chi connectivity index (χ0) is 13.3. The van der Waals surface area contributed by atoms with Gasteiger partial charge in [-0.15, -0.1) is 11.3 Å². The second kappa shape index (κ2) is 5.03. The summed E-state index contributed by atoms with van der Waals surface area (Å²) in [5, 5.41) is 12.0. The van der Waals surface area contributed by atoms with Crippen molar-refractivity contribution in [1.29, 1.82) is 0 Å². The van der Waals surface area contributed by atoms with Crippen LogP contribution in [0, 0.1) is 12.7 Å². The van der Waals surface area contributed by atoms with Crippen LogP contribution in [0.25, 0.3) is 0 Å². The van der Waals surface area contributed by atoms with Gasteiger partial charge in [-0.25, -0.2) is 14.2 Å². The molecule has 0 unspecified atom stereocenters. The van der Waals surface area contributed by atoms with Crippen LogP contribution in [0.1, 0.15) is 15.4 Å². The second-order valence-electron chi connectivity index (χ2n) is 3.45. The summed E-state index contributed by atoms with van der Waals surface area (Å²) >= 11 is 4.38. The van der Waals surface area contributed by atoms with Crippen LogP contribution < -0.4 is 5.32 Å². The highest BCUT2D eigenvalue weighted by molar-refractivity contribution is 9.10. The molecule has 4 nitrogen and oxygen atoms in total. The van der Waals surface area contributed by atoms with Crippen molar-refractivity contribution in [3.05, 3.63) is 39.1 Å². The van der Waals surface area contributed by atoms with E-state index in [1.165, 1.54) is 6.07 Å². The van der Waals surface area contributed by atoms with Gasteiger partial charge >= 0.3 is 5.97 Å². The van der Waals surface area contributed by atoms with Crippen molar-refractivity contribution in [2.45, 2.75) is 6.92 Å².